The average molecular weight is 424 g/mol. The van der Waals surface area contributed by atoms with Crippen molar-refractivity contribution in [3.8, 4) is 11.5 Å². The average Bonchev–Trinajstić information content (AvgIpc) is 3.19. The van der Waals surface area contributed by atoms with E-state index in [1.54, 1.807) is 26.1 Å². The molecule has 2 rings (SSSR count). The maximum Gasteiger partial charge on any atom is 0.387 e. The standard InChI is InChI=1S/C21H30F2N4O3/c1-5-15(6-2)17-11-16(30-27-17)13-26-21(24-4)25-12-14-8-9-18(29-20(22)23)19(10-14)28-7-3/h8-11,15,20H,5-7,12-13H2,1-4H3,(H2,24,25,26). The predicted octanol–water partition coefficient (Wildman–Crippen LogP) is 4.44. The van der Waals surface area contributed by atoms with E-state index in [0.717, 1.165) is 29.9 Å². The van der Waals surface area contributed by atoms with Gasteiger partial charge in [-0.3, -0.25) is 4.99 Å². The van der Waals surface area contributed by atoms with Crippen molar-refractivity contribution in [2.45, 2.75) is 59.2 Å². The summed E-state index contributed by atoms with van der Waals surface area (Å²) in [5.74, 6) is 1.98. The van der Waals surface area contributed by atoms with Crippen LogP contribution in [0.4, 0.5) is 8.78 Å². The Kier molecular flexibility index (Phi) is 9.37. The Balaban J connectivity index is 1.93. The first kappa shape index (κ1) is 23.4. The smallest absolute Gasteiger partial charge is 0.387 e. The number of guanidine groups is 1. The molecule has 0 aliphatic rings. The van der Waals surface area contributed by atoms with Gasteiger partial charge in [0.2, 0.25) is 0 Å². The quantitative estimate of drug-likeness (QED) is 0.410. The molecule has 0 atom stereocenters. The van der Waals surface area contributed by atoms with E-state index in [4.69, 9.17) is 9.26 Å². The van der Waals surface area contributed by atoms with E-state index >= 15 is 0 Å². The number of alkyl halides is 2. The summed E-state index contributed by atoms with van der Waals surface area (Å²) in [7, 11) is 1.66. The highest BCUT2D eigenvalue weighted by atomic mass is 19.3. The molecule has 0 radical (unpaired) electrons. The second kappa shape index (κ2) is 12.0. The molecule has 1 heterocycles. The minimum absolute atomic E-state index is 0.0108. The Hall–Kier alpha value is -2.84. The fourth-order valence-electron chi connectivity index (χ4n) is 3.01. The molecule has 0 bridgehead atoms. The maximum absolute atomic E-state index is 12.5. The van der Waals surface area contributed by atoms with Gasteiger partial charge in [-0.2, -0.15) is 8.78 Å². The highest BCUT2D eigenvalue weighted by molar-refractivity contribution is 5.79. The third-order valence-electron chi connectivity index (χ3n) is 4.62. The number of nitrogens with zero attached hydrogens (tertiary/aromatic N) is 2. The van der Waals surface area contributed by atoms with E-state index in [-0.39, 0.29) is 11.5 Å². The van der Waals surface area contributed by atoms with Gasteiger partial charge in [0.15, 0.2) is 23.2 Å². The van der Waals surface area contributed by atoms with Crippen LogP contribution in [-0.2, 0) is 13.1 Å². The monoisotopic (exact) mass is 424 g/mol. The number of benzene rings is 1. The Morgan fingerprint density at radius 2 is 1.83 bits per heavy atom. The molecule has 0 saturated carbocycles. The second-order valence-corrected chi connectivity index (χ2v) is 6.60. The van der Waals surface area contributed by atoms with Crippen LogP contribution in [0.25, 0.3) is 0 Å². The molecule has 0 spiro atoms. The fraction of sp³-hybridized carbons (Fsp3) is 0.524. The number of hydrogen-bond acceptors (Lipinski definition) is 5. The molecule has 0 aliphatic carbocycles. The third kappa shape index (κ3) is 6.89. The Morgan fingerprint density at radius 3 is 2.47 bits per heavy atom. The first-order valence-corrected chi connectivity index (χ1v) is 10.1. The Bertz CT molecular complexity index is 807. The first-order chi connectivity index (χ1) is 14.5. The topological polar surface area (TPSA) is 80.9 Å². The summed E-state index contributed by atoms with van der Waals surface area (Å²) < 4.78 is 40.4. The second-order valence-electron chi connectivity index (χ2n) is 6.60. The van der Waals surface area contributed by atoms with E-state index in [9.17, 15) is 8.78 Å². The molecule has 1 aromatic heterocycles. The minimum Gasteiger partial charge on any atom is -0.490 e. The number of nitrogens with one attached hydrogen (secondary N) is 2. The van der Waals surface area contributed by atoms with Crippen LogP contribution in [0.15, 0.2) is 33.8 Å². The molecule has 30 heavy (non-hydrogen) atoms. The van der Waals surface area contributed by atoms with E-state index in [0.29, 0.717) is 31.6 Å². The van der Waals surface area contributed by atoms with Gasteiger partial charge in [0, 0.05) is 25.6 Å². The molecule has 0 aliphatic heterocycles. The van der Waals surface area contributed by atoms with Crippen molar-refractivity contribution in [1.82, 2.24) is 15.8 Å². The van der Waals surface area contributed by atoms with E-state index in [1.807, 2.05) is 6.07 Å². The van der Waals surface area contributed by atoms with Crippen molar-refractivity contribution in [2.75, 3.05) is 13.7 Å². The molecule has 1 aromatic carbocycles. The molecular formula is C21H30F2N4O3. The zero-order valence-corrected chi connectivity index (χ0v) is 17.9. The van der Waals surface area contributed by atoms with Crippen LogP contribution in [0.2, 0.25) is 0 Å². The normalized spacial score (nSPS) is 11.8. The summed E-state index contributed by atoms with van der Waals surface area (Å²) in [6.07, 6.45) is 2.04. The highest BCUT2D eigenvalue weighted by Crippen LogP contribution is 2.30. The van der Waals surface area contributed by atoms with Crippen LogP contribution in [0.3, 0.4) is 0 Å². The van der Waals surface area contributed by atoms with Gasteiger partial charge in [-0.25, -0.2) is 0 Å². The van der Waals surface area contributed by atoms with Crippen molar-refractivity contribution in [3.05, 3.63) is 41.3 Å². The summed E-state index contributed by atoms with van der Waals surface area (Å²) in [6, 6.07) is 6.80. The zero-order chi connectivity index (χ0) is 21.9. The van der Waals surface area contributed by atoms with E-state index in [2.05, 4.69) is 39.4 Å². The lowest BCUT2D eigenvalue weighted by atomic mass is 9.99. The molecule has 0 saturated heterocycles. The summed E-state index contributed by atoms with van der Waals surface area (Å²) in [4.78, 5) is 4.19. The lowest BCUT2D eigenvalue weighted by Gasteiger charge is -2.14. The number of hydrogen-bond donors (Lipinski definition) is 2. The van der Waals surface area contributed by atoms with Crippen LogP contribution in [0.1, 0.15) is 56.5 Å². The van der Waals surface area contributed by atoms with Gasteiger partial charge in [-0.15, -0.1) is 0 Å². The van der Waals surface area contributed by atoms with Gasteiger partial charge in [-0.1, -0.05) is 25.1 Å². The van der Waals surface area contributed by atoms with Gasteiger partial charge in [0.05, 0.1) is 18.8 Å². The van der Waals surface area contributed by atoms with Crippen LogP contribution >= 0.6 is 0 Å². The van der Waals surface area contributed by atoms with Crippen LogP contribution in [0, 0.1) is 0 Å². The third-order valence-corrected chi connectivity index (χ3v) is 4.62. The van der Waals surface area contributed by atoms with E-state index in [1.165, 1.54) is 6.07 Å². The SMILES string of the molecule is CCOc1cc(CNC(=NC)NCc2cc(C(CC)CC)no2)ccc1OC(F)F. The zero-order valence-electron chi connectivity index (χ0n) is 17.9. The van der Waals surface area contributed by atoms with Gasteiger partial charge in [0.25, 0.3) is 0 Å². The van der Waals surface area contributed by atoms with Crippen LogP contribution < -0.4 is 20.1 Å². The Morgan fingerprint density at radius 1 is 1.10 bits per heavy atom. The summed E-state index contributed by atoms with van der Waals surface area (Å²) in [5.41, 5.74) is 1.80. The fourth-order valence-corrected chi connectivity index (χ4v) is 3.01. The number of aromatic nitrogens is 1. The number of aliphatic imine (C=N–C) groups is 1. The van der Waals surface area contributed by atoms with Crippen molar-refractivity contribution >= 4 is 5.96 Å². The molecule has 9 heteroatoms. The molecule has 7 nitrogen and oxygen atoms in total. The molecule has 0 amide bonds. The highest BCUT2D eigenvalue weighted by Gasteiger charge is 2.14. The van der Waals surface area contributed by atoms with Crippen LogP contribution in [0.5, 0.6) is 11.5 Å². The van der Waals surface area contributed by atoms with Crippen molar-refractivity contribution < 1.29 is 22.8 Å². The van der Waals surface area contributed by atoms with Gasteiger partial charge >= 0.3 is 6.61 Å². The number of ether oxygens (including phenoxy) is 2. The molecule has 166 valence electrons. The van der Waals surface area contributed by atoms with Gasteiger partial charge in [-0.05, 0) is 37.5 Å². The molecule has 0 fully saturated rings. The maximum atomic E-state index is 12.5. The predicted molar refractivity (Wildman–Crippen MR) is 111 cm³/mol. The summed E-state index contributed by atoms with van der Waals surface area (Å²) >= 11 is 0. The summed E-state index contributed by atoms with van der Waals surface area (Å²) in [6.45, 7) is 4.35. The Labute approximate surface area is 175 Å². The molecule has 2 N–H and O–H groups in total. The van der Waals surface area contributed by atoms with Gasteiger partial charge < -0.3 is 24.6 Å². The molecule has 2 aromatic rings. The van der Waals surface area contributed by atoms with Crippen LogP contribution in [-0.4, -0.2) is 31.4 Å². The lowest BCUT2D eigenvalue weighted by molar-refractivity contribution is -0.0514. The molecular weight excluding hydrogens is 394 g/mol. The lowest BCUT2D eigenvalue weighted by Crippen LogP contribution is -2.36. The summed E-state index contributed by atoms with van der Waals surface area (Å²) in [5, 5.41) is 10.5. The van der Waals surface area contributed by atoms with Crippen molar-refractivity contribution in [3.63, 3.8) is 0 Å². The van der Waals surface area contributed by atoms with Gasteiger partial charge in [0.1, 0.15) is 0 Å². The number of halogens is 2. The van der Waals surface area contributed by atoms with E-state index < -0.39 is 6.61 Å². The van der Waals surface area contributed by atoms with Crippen molar-refractivity contribution in [2.24, 2.45) is 4.99 Å². The number of rotatable bonds is 11. The molecule has 0 unspecified atom stereocenters. The largest absolute Gasteiger partial charge is 0.490 e. The minimum atomic E-state index is -2.90. The van der Waals surface area contributed by atoms with Crippen molar-refractivity contribution in [1.29, 1.82) is 0 Å². The first-order valence-electron chi connectivity index (χ1n) is 10.1.